The highest BCUT2D eigenvalue weighted by molar-refractivity contribution is 5.78. The molecule has 1 unspecified atom stereocenters. The van der Waals surface area contributed by atoms with E-state index in [1.165, 1.54) is 11.1 Å². The van der Waals surface area contributed by atoms with Gasteiger partial charge in [-0.15, -0.1) is 0 Å². The molecule has 3 aromatic rings. The number of nitrogens with one attached hydrogen (secondary N) is 1. The van der Waals surface area contributed by atoms with E-state index in [2.05, 4.69) is 51.5 Å². The topological polar surface area (TPSA) is 80.5 Å². The molecule has 0 bridgehead atoms. The first-order chi connectivity index (χ1) is 16.1. The molecule has 1 atom stereocenters. The quantitative estimate of drug-likeness (QED) is 0.498. The lowest BCUT2D eigenvalue weighted by molar-refractivity contribution is -0.126. The summed E-state index contributed by atoms with van der Waals surface area (Å²) in [5.41, 5.74) is 3.46. The highest BCUT2D eigenvalue weighted by Gasteiger charge is 2.26. The van der Waals surface area contributed by atoms with Crippen LogP contribution in [0.3, 0.4) is 0 Å². The number of rotatable bonds is 9. The van der Waals surface area contributed by atoms with Crippen molar-refractivity contribution in [3.8, 4) is 17.1 Å². The number of nitrogens with zero attached hydrogens (tertiary/aromatic N) is 3. The highest BCUT2D eigenvalue weighted by Crippen LogP contribution is 2.22. The smallest absolute Gasteiger partial charge is 0.241 e. The second-order valence-corrected chi connectivity index (χ2v) is 8.69. The first kappa shape index (κ1) is 23.0. The first-order valence-corrected chi connectivity index (χ1v) is 11.6. The Balaban J connectivity index is 1.23. The summed E-state index contributed by atoms with van der Waals surface area (Å²) in [6.45, 7) is 5.00. The van der Waals surface area contributed by atoms with Crippen LogP contribution >= 0.6 is 0 Å². The molecule has 33 heavy (non-hydrogen) atoms. The Morgan fingerprint density at radius 3 is 2.73 bits per heavy atom. The normalized spacial score (nSPS) is 16.5. The molecule has 1 fully saturated rings. The fraction of sp³-hybridized carbons (Fsp3) is 0.423. The molecular formula is C26H32N4O3. The third kappa shape index (κ3) is 6.42. The van der Waals surface area contributed by atoms with E-state index in [0.29, 0.717) is 31.3 Å². The fourth-order valence-corrected chi connectivity index (χ4v) is 4.18. The van der Waals surface area contributed by atoms with E-state index < -0.39 is 0 Å². The summed E-state index contributed by atoms with van der Waals surface area (Å²) >= 11 is 0. The molecule has 7 nitrogen and oxygen atoms in total. The number of hydrogen-bond acceptors (Lipinski definition) is 6. The minimum atomic E-state index is 0.00195. The molecule has 1 amide bonds. The average Bonchev–Trinajstić information content (AvgIpc) is 3.31. The Bertz CT molecular complexity index is 1030. The van der Waals surface area contributed by atoms with Gasteiger partial charge in [0.1, 0.15) is 5.75 Å². The first-order valence-electron chi connectivity index (χ1n) is 11.6. The molecular weight excluding hydrogens is 416 g/mol. The van der Waals surface area contributed by atoms with E-state index in [1.807, 2.05) is 24.3 Å². The second-order valence-electron chi connectivity index (χ2n) is 8.69. The van der Waals surface area contributed by atoms with Crippen LogP contribution in [-0.2, 0) is 17.8 Å². The predicted octanol–water partition coefficient (Wildman–Crippen LogP) is 4.01. The summed E-state index contributed by atoms with van der Waals surface area (Å²) in [6, 6.07) is 16.2. The van der Waals surface area contributed by atoms with Crippen LogP contribution in [-0.4, -0.2) is 47.7 Å². The molecule has 1 N–H and O–H groups in total. The zero-order valence-corrected chi connectivity index (χ0v) is 19.4. The van der Waals surface area contributed by atoms with Crippen LogP contribution in [0.2, 0.25) is 0 Å². The number of aryl methyl sites for hydroxylation is 2. The van der Waals surface area contributed by atoms with Gasteiger partial charge in [-0.05, 0) is 69.0 Å². The van der Waals surface area contributed by atoms with Gasteiger partial charge in [-0.2, -0.15) is 4.98 Å². The van der Waals surface area contributed by atoms with Gasteiger partial charge in [0.15, 0.2) is 0 Å². The van der Waals surface area contributed by atoms with Crippen LogP contribution in [0.15, 0.2) is 53.1 Å². The van der Waals surface area contributed by atoms with Crippen molar-refractivity contribution >= 4 is 5.91 Å². The van der Waals surface area contributed by atoms with Crippen LogP contribution in [0.4, 0.5) is 0 Å². The van der Waals surface area contributed by atoms with Gasteiger partial charge < -0.3 is 14.6 Å². The number of aromatic nitrogens is 2. The monoisotopic (exact) mass is 448 g/mol. The van der Waals surface area contributed by atoms with E-state index in [-0.39, 0.29) is 11.8 Å². The van der Waals surface area contributed by atoms with Crippen molar-refractivity contribution in [2.45, 2.75) is 39.2 Å². The maximum atomic E-state index is 12.7. The molecule has 0 radical (unpaired) electrons. The minimum Gasteiger partial charge on any atom is -0.497 e. The third-order valence-corrected chi connectivity index (χ3v) is 6.11. The van der Waals surface area contributed by atoms with Crippen LogP contribution in [0.25, 0.3) is 11.4 Å². The standard InChI is InChI=1S/C26H32N4O3/c1-19-7-9-20(10-8-19)5-3-15-27-26(31)22-6-4-16-30(17-22)18-24-28-25(29-33-24)21-11-13-23(32-2)14-12-21/h7-14,22H,3-6,15-18H2,1-2H3,(H,27,31). The Hall–Kier alpha value is -3.19. The van der Waals surface area contributed by atoms with E-state index in [0.717, 1.165) is 43.5 Å². The van der Waals surface area contributed by atoms with Crippen molar-refractivity contribution in [3.63, 3.8) is 0 Å². The van der Waals surface area contributed by atoms with Gasteiger partial charge in [-0.25, -0.2) is 0 Å². The second kappa shape index (κ2) is 11.1. The number of benzene rings is 2. The van der Waals surface area contributed by atoms with E-state index in [1.54, 1.807) is 7.11 Å². The highest BCUT2D eigenvalue weighted by atomic mass is 16.5. The zero-order chi connectivity index (χ0) is 23.0. The molecule has 0 aliphatic carbocycles. The van der Waals surface area contributed by atoms with Crippen LogP contribution in [0.1, 0.15) is 36.3 Å². The zero-order valence-electron chi connectivity index (χ0n) is 19.4. The maximum Gasteiger partial charge on any atom is 0.241 e. The number of hydrogen-bond donors (Lipinski definition) is 1. The van der Waals surface area contributed by atoms with E-state index in [4.69, 9.17) is 9.26 Å². The van der Waals surface area contributed by atoms with Crippen molar-refractivity contribution in [1.82, 2.24) is 20.4 Å². The van der Waals surface area contributed by atoms with Gasteiger partial charge in [0.05, 0.1) is 19.6 Å². The third-order valence-electron chi connectivity index (χ3n) is 6.11. The Kier molecular flexibility index (Phi) is 7.73. The summed E-state index contributed by atoms with van der Waals surface area (Å²) < 4.78 is 10.7. The minimum absolute atomic E-state index is 0.00195. The molecule has 2 aromatic carbocycles. The molecule has 0 spiro atoms. The van der Waals surface area contributed by atoms with Crippen molar-refractivity contribution in [2.24, 2.45) is 5.92 Å². The summed E-state index contributed by atoms with van der Waals surface area (Å²) in [5.74, 6) is 2.07. The van der Waals surface area contributed by atoms with Gasteiger partial charge in [0, 0.05) is 18.7 Å². The molecule has 1 aliphatic rings. The van der Waals surface area contributed by atoms with Crippen molar-refractivity contribution in [2.75, 3.05) is 26.7 Å². The molecule has 174 valence electrons. The van der Waals surface area contributed by atoms with E-state index in [9.17, 15) is 4.79 Å². The molecule has 1 saturated heterocycles. The van der Waals surface area contributed by atoms with Gasteiger partial charge in [0.2, 0.25) is 17.6 Å². The van der Waals surface area contributed by atoms with Crippen molar-refractivity contribution < 1.29 is 14.1 Å². The molecule has 4 rings (SSSR count). The number of carbonyl (C=O) groups is 1. The van der Waals surface area contributed by atoms with Gasteiger partial charge >= 0.3 is 0 Å². The molecule has 2 heterocycles. The predicted molar refractivity (Wildman–Crippen MR) is 127 cm³/mol. The summed E-state index contributed by atoms with van der Waals surface area (Å²) in [7, 11) is 1.64. The Morgan fingerprint density at radius 1 is 1.18 bits per heavy atom. The summed E-state index contributed by atoms with van der Waals surface area (Å²) in [5, 5.41) is 7.23. The number of carbonyl (C=O) groups excluding carboxylic acids is 1. The number of amides is 1. The lowest BCUT2D eigenvalue weighted by atomic mass is 9.97. The molecule has 0 saturated carbocycles. The number of likely N-dealkylation sites (tertiary alicyclic amines) is 1. The Morgan fingerprint density at radius 2 is 1.97 bits per heavy atom. The van der Waals surface area contributed by atoms with Gasteiger partial charge in [0.25, 0.3) is 0 Å². The SMILES string of the molecule is COc1ccc(-c2noc(CN3CCCC(C(=O)NCCCc4ccc(C)cc4)C3)n2)cc1. The van der Waals surface area contributed by atoms with Gasteiger partial charge in [-0.3, -0.25) is 9.69 Å². The summed E-state index contributed by atoms with van der Waals surface area (Å²) in [6.07, 6.45) is 3.83. The lowest BCUT2D eigenvalue weighted by Gasteiger charge is -2.30. The van der Waals surface area contributed by atoms with Crippen molar-refractivity contribution in [3.05, 3.63) is 65.5 Å². The molecule has 7 heteroatoms. The van der Waals surface area contributed by atoms with Gasteiger partial charge in [-0.1, -0.05) is 35.0 Å². The molecule has 1 aromatic heterocycles. The van der Waals surface area contributed by atoms with Crippen LogP contribution in [0, 0.1) is 12.8 Å². The number of piperidine rings is 1. The van der Waals surface area contributed by atoms with Crippen molar-refractivity contribution in [1.29, 1.82) is 0 Å². The van der Waals surface area contributed by atoms with Crippen LogP contribution < -0.4 is 10.1 Å². The Labute approximate surface area is 195 Å². The molecule has 1 aliphatic heterocycles. The largest absolute Gasteiger partial charge is 0.497 e. The maximum absolute atomic E-state index is 12.7. The number of methoxy groups -OCH3 is 1. The van der Waals surface area contributed by atoms with E-state index >= 15 is 0 Å². The summed E-state index contributed by atoms with van der Waals surface area (Å²) in [4.78, 5) is 19.5. The van der Waals surface area contributed by atoms with Crippen LogP contribution in [0.5, 0.6) is 5.75 Å². The fourth-order valence-electron chi connectivity index (χ4n) is 4.18. The number of ether oxygens (including phenoxy) is 1. The average molecular weight is 449 g/mol. The lowest BCUT2D eigenvalue weighted by Crippen LogP contribution is -2.43.